The molecule has 2 heteroatoms. The van der Waals surface area contributed by atoms with Crippen molar-refractivity contribution >= 4 is 0 Å². The Bertz CT molecular complexity index is 181. The molecule has 0 aromatic carbocycles. The molecule has 1 aliphatic heterocycles. The molecule has 2 nitrogen and oxygen atoms in total. The quantitative estimate of drug-likeness (QED) is 0.640. The summed E-state index contributed by atoms with van der Waals surface area (Å²) in [5.74, 6) is 0. The lowest BCUT2D eigenvalue weighted by atomic mass is 10.0. The van der Waals surface area contributed by atoms with E-state index in [9.17, 15) is 0 Å². The van der Waals surface area contributed by atoms with Gasteiger partial charge in [0.15, 0.2) is 0 Å². The van der Waals surface area contributed by atoms with Gasteiger partial charge in [-0.3, -0.25) is 4.90 Å². The lowest BCUT2D eigenvalue weighted by Gasteiger charge is -2.43. The average Bonchev–Trinajstić information content (AvgIpc) is 2.41. The van der Waals surface area contributed by atoms with Gasteiger partial charge in [0.05, 0.1) is 12.7 Å². The molecule has 1 saturated heterocycles. The number of ether oxygens (including phenoxy) is 1. The minimum absolute atomic E-state index is 0.536. The van der Waals surface area contributed by atoms with Crippen LogP contribution in [0.5, 0.6) is 0 Å². The molecule has 1 heterocycles. The molecule has 0 amide bonds. The molecule has 1 saturated carbocycles. The molecule has 1 aliphatic carbocycles. The minimum Gasteiger partial charge on any atom is -0.375 e. The van der Waals surface area contributed by atoms with E-state index in [-0.39, 0.29) is 0 Å². The lowest BCUT2D eigenvalue weighted by Crippen LogP contribution is -2.53. The van der Waals surface area contributed by atoms with Gasteiger partial charge in [0.1, 0.15) is 0 Å². The SMILES string of the molecule is CC(C)N1CCOC2CCCCCC21. The van der Waals surface area contributed by atoms with Gasteiger partial charge in [-0.2, -0.15) is 0 Å². The summed E-state index contributed by atoms with van der Waals surface area (Å²) in [5.41, 5.74) is 0. The molecule has 2 atom stereocenters. The zero-order valence-corrected chi connectivity index (χ0v) is 9.54. The summed E-state index contributed by atoms with van der Waals surface area (Å²) in [7, 11) is 0. The topological polar surface area (TPSA) is 12.5 Å². The van der Waals surface area contributed by atoms with E-state index in [2.05, 4.69) is 18.7 Å². The van der Waals surface area contributed by atoms with Crippen molar-refractivity contribution in [1.29, 1.82) is 0 Å². The molecular weight excluding hydrogens is 174 g/mol. The smallest absolute Gasteiger partial charge is 0.0731 e. The zero-order valence-electron chi connectivity index (χ0n) is 9.54. The van der Waals surface area contributed by atoms with Crippen LogP contribution in [0.3, 0.4) is 0 Å². The summed E-state index contributed by atoms with van der Waals surface area (Å²) in [6.45, 7) is 6.71. The zero-order chi connectivity index (χ0) is 9.97. The van der Waals surface area contributed by atoms with Crippen LogP contribution in [0.4, 0.5) is 0 Å². The Hall–Kier alpha value is -0.0800. The van der Waals surface area contributed by atoms with Crippen LogP contribution in [-0.2, 0) is 4.74 Å². The van der Waals surface area contributed by atoms with Gasteiger partial charge in [-0.05, 0) is 26.7 Å². The Morgan fingerprint density at radius 3 is 2.71 bits per heavy atom. The Morgan fingerprint density at radius 1 is 1.14 bits per heavy atom. The van der Waals surface area contributed by atoms with E-state index >= 15 is 0 Å². The van der Waals surface area contributed by atoms with Crippen molar-refractivity contribution in [1.82, 2.24) is 4.90 Å². The van der Waals surface area contributed by atoms with Crippen molar-refractivity contribution in [2.75, 3.05) is 13.2 Å². The van der Waals surface area contributed by atoms with Gasteiger partial charge in [0, 0.05) is 18.6 Å². The standard InChI is InChI=1S/C12H23NO/c1-10(2)13-8-9-14-12-7-5-3-4-6-11(12)13/h10-12H,3-9H2,1-2H3. The minimum atomic E-state index is 0.536. The predicted molar refractivity (Wildman–Crippen MR) is 58.5 cm³/mol. The highest BCUT2D eigenvalue weighted by molar-refractivity contribution is 4.87. The van der Waals surface area contributed by atoms with E-state index in [1.807, 2.05) is 0 Å². The van der Waals surface area contributed by atoms with Crippen molar-refractivity contribution in [2.45, 2.75) is 64.1 Å². The second-order valence-corrected chi connectivity index (χ2v) is 4.95. The normalized spacial score (nSPS) is 35.4. The number of hydrogen-bond donors (Lipinski definition) is 0. The molecule has 0 aromatic heterocycles. The maximum atomic E-state index is 5.90. The molecule has 82 valence electrons. The van der Waals surface area contributed by atoms with E-state index in [0.717, 1.165) is 13.2 Å². The van der Waals surface area contributed by atoms with Crippen molar-refractivity contribution in [3.8, 4) is 0 Å². The van der Waals surface area contributed by atoms with Gasteiger partial charge in [0.2, 0.25) is 0 Å². The van der Waals surface area contributed by atoms with Crippen LogP contribution in [0, 0.1) is 0 Å². The highest BCUT2D eigenvalue weighted by Gasteiger charge is 2.33. The Labute approximate surface area is 87.6 Å². The molecule has 0 bridgehead atoms. The number of hydrogen-bond acceptors (Lipinski definition) is 2. The highest BCUT2D eigenvalue weighted by Crippen LogP contribution is 2.28. The van der Waals surface area contributed by atoms with E-state index in [4.69, 9.17) is 4.74 Å². The predicted octanol–water partition coefficient (Wildman–Crippen LogP) is 2.43. The van der Waals surface area contributed by atoms with Gasteiger partial charge in [-0.25, -0.2) is 0 Å². The van der Waals surface area contributed by atoms with Crippen LogP contribution in [0.15, 0.2) is 0 Å². The van der Waals surface area contributed by atoms with Crippen molar-refractivity contribution in [2.24, 2.45) is 0 Å². The number of rotatable bonds is 1. The van der Waals surface area contributed by atoms with Crippen molar-refractivity contribution in [3.05, 3.63) is 0 Å². The summed E-state index contributed by atoms with van der Waals surface area (Å²) < 4.78 is 5.90. The molecule has 2 rings (SSSR count). The Balaban J connectivity index is 2.04. The van der Waals surface area contributed by atoms with Gasteiger partial charge in [0.25, 0.3) is 0 Å². The van der Waals surface area contributed by atoms with Crippen LogP contribution in [0.25, 0.3) is 0 Å². The largest absolute Gasteiger partial charge is 0.375 e. The monoisotopic (exact) mass is 197 g/mol. The number of morpholine rings is 1. The molecular formula is C12H23NO. The molecule has 2 aliphatic rings. The fourth-order valence-electron chi connectivity index (χ4n) is 2.94. The first-order chi connectivity index (χ1) is 6.79. The third-order valence-corrected chi connectivity index (χ3v) is 3.69. The van der Waals surface area contributed by atoms with Crippen molar-refractivity contribution in [3.63, 3.8) is 0 Å². The van der Waals surface area contributed by atoms with Gasteiger partial charge in [-0.15, -0.1) is 0 Å². The first kappa shape index (κ1) is 10.4. The second-order valence-electron chi connectivity index (χ2n) is 4.95. The second kappa shape index (κ2) is 4.63. The fraction of sp³-hybridized carbons (Fsp3) is 1.00. The van der Waals surface area contributed by atoms with Gasteiger partial charge in [-0.1, -0.05) is 19.3 Å². The van der Waals surface area contributed by atoms with Gasteiger partial charge >= 0.3 is 0 Å². The fourth-order valence-corrected chi connectivity index (χ4v) is 2.94. The van der Waals surface area contributed by atoms with Crippen LogP contribution in [0.2, 0.25) is 0 Å². The van der Waals surface area contributed by atoms with E-state index in [1.54, 1.807) is 0 Å². The number of fused-ring (bicyclic) bond motifs is 1. The highest BCUT2D eigenvalue weighted by atomic mass is 16.5. The van der Waals surface area contributed by atoms with E-state index < -0.39 is 0 Å². The summed E-state index contributed by atoms with van der Waals surface area (Å²) >= 11 is 0. The molecule has 0 spiro atoms. The summed E-state index contributed by atoms with van der Waals surface area (Å²) in [4.78, 5) is 2.65. The Kier molecular flexibility index (Phi) is 3.45. The van der Waals surface area contributed by atoms with Crippen LogP contribution in [-0.4, -0.2) is 36.2 Å². The van der Waals surface area contributed by atoms with E-state index in [0.29, 0.717) is 18.2 Å². The van der Waals surface area contributed by atoms with Crippen LogP contribution < -0.4 is 0 Å². The summed E-state index contributed by atoms with van der Waals surface area (Å²) in [6, 6.07) is 1.40. The number of nitrogens with zero attached hydrogens (tertiary/aromatic N) is 1. The van der Waals surface area contributed by atoms with Gasteiger partial charge < -0.3 is 4.74 Å². The maximum Gasteiger partial charge on any atom is 0.0731 e. The Morgan fingerprint density at radius 2 is 1.93 bits per heavy atom. The third kappa shape index (κ3) is 2.12. The molecule has 14 heavy (non-hydrogen) atoms. The summed E-state index contributed by atoms with van der Waals surface area (Å²) in [5, 5.41) is 0. The molecule has 2 fully saturated rings. The maximum absolute atomic E-state index is 5.90. The first-order valence-electron chi connectivity index (χ1n) is 6.16. The molecule has 2 unspecified atom stereocenters. The van der Waals surface area contributed by atoms with E-state index in [1.165, 1.54) is 32.1 Å². The van der Waals surface area contributed by atoms with Crippen LogP contribution in [0.1, 0.15) is 46.0 Å². The third-order valence-electron chi connectivity index (χ3n) is 3.69. The van der Waals surface area contributed by atoms with Crippen LogP contribution >= 0.6 is 0 Å². The first-order valence-corrected chi connectivity index (χ1v) is 6.16. The van der Waals surface area contributed by atoms with Crippen molar-refractivity contribution < 1.29 is 4.74 Å². The lowest BCUT2D eigenvalue weighted by molar-refractivity contribution is -0.0837. The molecule has 0 radical (unpaired) electrons. The molecule has 0 aromatic rings. The average molecular weight is 197 g/mol. The summed E-state index contributed by atoms with van der Waals surface area (Å²) in [6.07, 6.45) is 7.34. The molecule has 0 N–H and O–H groups in total.